The predicted molar refractivity (Wildman–Crippen MR) is 69.9 cm³/mol. The van der Waals surface area contributed by atoms with Crippen molar-refractivity contribution in [3.8, 4) is 11.8 Å². The van der Waals surface area contributed by atoms with E-state index in [1.165, 1.54) is 0 Å². The summed E-state index contributed by atoms with van der Waals surface area (Å²) in [6.45, 7) is 0. The lowest BCUT2D eigenvalue weighted by molar-refractivity contribution is -0.133. The molecule has 3 heteroatoms. The molecule has 0 aromatic heterocycles. The molecule has 2 saturated carbocycles. The predicted octanol–water partition coefficient (Wildman–Crippen LogP) is 1.31. The number of rotatable bonds is 1. The molecule has 98 valence electrons. The maximum absolute atomic E-state index is 11.4. The first kappa shape index (κ1) is 12.4. The van der Waals surface area contributed by atoms with Gasteiger partial charge in [-0.2, -0.15) is 0 Å². The van der Waals surface area contributed by atoms with E-state index in [1.807, 2.05) is 30.3 Å². The van der Waals surface area contributed by atoms with Crippen LogP contribution in [0.15, 0.2) is 30.3 Å². The second-order valence-corrected chi connectivity index (χ2v) is 5.37. The van der Waals surface area contributed by atoms with E-state index in [9.17, 15) is 15.0 Å². The van der Waals surface area contributed by atoms with E-state index >= 15 is 0 Å². The molecule has 1 aromatic rings. The number of carbonyl (C=O) groups is 1. The Bertz CT molecular complexity index is 540. The molecule has 2 aliphatic rings. The molecular weight excluding hydrogens is 240 g/mol. The van der Waals surface area contributed by atoms with Crippen LogP contribution in [0.4, 0.5) is 0 Å². The molecule has 0 heterocycles. The standard InChI is InChI=1S/C16H16O3/c17-14(10-4-2-1-3-5-10)7-6-11-12-8-16(19)13(12)9-15(11)18/h1-5,11-15,17-18H,8-9H2. The molecule has 0 radical (unpaired) electrons. The fraction of sp³-hybridized carbons (Fsp3) is 0.438. The summed E-state index contributed by atoms with van der Waals surface area (Å²) in [6, 6.07) is 9.23. The highest BCUT2D eigenvalue weighted by Crippen LogP contribution is 2.47. The first-order valence-corrected chi connectivity index (χ1v) is 6.61. The van der Waals surface area contributed by atoms with E-state index in [0.29, 0.717) is 12.8 Å². The third-order valence-corrected chi connectivity index (χ3v) is 4.24. The Morgan fingerprint density at radius 2 is 2.00 bits per heavy atom. The van der Waals surface area contributed by atoms with Gasteiger partial charge in [0.15, 0.2) is 0 Å². The lowest BCUT2D eigenvalue weighted by Crippen LogP contribution is -2.35. The average molecular weight is 256 g/mol. The first-order chi connectivity index (χ1) is 9.16. The summed E-state index contributed by atoms with van der Waals surface area (Å²) in [5.41, 5.74) is 0.753. The van der Waals surface area contributed by atoms with Crippen LogP contribution in [0.2, 0.25) is 0 Å². The van der Waals surface area contributed by atoms with Gasteiger partial charge >= 0.3 is 0 Å². The summed E-state index contributed by atoms with van der Waals surface area (Å²) >= 11 is 0. The van der Waals surface area contributed by atoms with E-state index in [-0.39, 0.29) is 23.5 Å². The third kappa shape index (κ3) is 2.18. The summed E-state index contributed by atoms with van der Waals surface area (Å²) in [4.78, 5) is 11.4. The van der Waals surface area contributed by atoms with Crippen molar-refractivity contribution in [3.63, 3.8) is 0 Å². The minimum Gasteiger partial charge on any atom is -0.392 e. The third-order valence-electron chi connectivity index (χ3n) is 4.24. The van der Waals surface area contributed by atoms with Crippen molar-refractivity contribution in [2.24, 2.45) is 17.8 Å². The van der Waals surface area contributed by atoms with Crippen molar-refractivity contribution >= 4 is 5.78 Å². The van der Waals surface area contributed by atoms with Crippen LogP contribution in [0.25, 0.3) is 0 Å². The van der Waals surface area contributed by atoms with E-state index in [4.69, 9.17) is 0 Å². The van der Waals surface area contributed by atoms with Crippen LogP contribution in [-0.2, 0) is 4.79 Å². The van der Waals surface area contributed by atoms with E-state index in [0.717, 1.165) is 5.56 Å². The summed E-state index contributed by atoms with van der Waals surface area (Å²) in [5, 5.41) is 19.9. The van der Waals surface area contributed by atoms with Crippen LogP contribution in [-0.4, -0.2) is 22.1 Å². The number of benzene rings is 1. The number of carbonyl (C=O) groups excluding carboxylic acids is 1. The second-order valence-electron chi connectivity index (χ2n) is 5.37. The van der Waals surface area contributed by atoms with Crippen LogP contribution in [0, 0.1) is 29.6 Å². The maximum atomic E-state index is 11.4. The monoisotopic (exact) mass is 256 g/mol. The highest BCUT2D eigenvalue weighted by molar-refractivity contribution is 5.88. The average Bonchev–Trinajstić information content (AvgIpc) is 2.69. The van der Waals surface area contributed by atoms with Gasteiger partial charge in [0.05, 0.1) is 12.0 Å². The first-order valence-electron chi connectivity index (χ1n) is 6.61. The molecule has 0 aliphatic heterocycles. The zero-order chi connectivity index (χ0) is 13.4. The van der Waals surface area contributed by atoms with Gasteiger partial charge in [-0.3, -0.25) is 4.79 Å². The van der Waals surface area contributed by atoms with Crippen molar-refractivity contribution in [1.29, 1.82) is 0 Å². The molecular formula is C16H16O3. The van der Waals surface area contributed by atoms with Crippen LogP contribution < -0.4 is 0 Å². The van der Waals surface area contributed by atoms with Gasteiger partial charge in [-0.25, -0.2) is 0 Å². The van der Waals surface area contributed by atoms with E-state index < -0.39 is 12.2 Å². The molecule has 5 atom stereocenters. The Balaban J connectivity index is 1.72. The van der Waals surface area contributed by atoms with Crippen LogP contribution >= 0.6 is 0 Å². The Morgan fingerprint density at radius 3 is 2.63 bits per heavy atom. The zero-order valence-corrected chi connectivity index (χ0v) is 10.5. The van der Waals surface area contributed by atoms with Gasteiger partial charge < -0.3 is 10.2 Å². The lowest BCUT2D eigenvalue weighted by atomic mass is 9.71. The number of aliphatic hydroxyl groups is 2. The van der Waals surface area contributed by atoms with Crippen molar-refractivity contribution in [2.75, 3.05) is 0 Å². The van der Waals surface area contributed by atoms with Crippen molar-refractivity contribution in [3.05, 3.63) is 35.9 Å². The highest BCUT2D eigenvalue weighted by atomic mass is 16.3. The normalized spacial score (nSPS) is 33.9. The van der Waals surface area contributed by atoms with Crippen molar-refractivity contribution in [1.82, 2.24) is 0 Å². The minimum atomic E-state index is -0.830. The number of Topliss-reactive ketones (excluding diaryl/α,β-unsaturated/α-hetero) is 1. The summed E-state index contributed by atoms with van der Waals surface area (Å²) in [7, 11) is 0. The Hall–Kier alpha value is -1.63. The largest absolute Gasteiger partial charge is 0.392 e. The lowest BCUT2D eigenvalue weighted by Gasteiger charge is -2.30. The summed E-state index contributed by atoms with van der Waals surface area (Å²) in [6.07, 6.45) is -0.299. The van der Waals surface area contributed by atoms with Gasteiger partial charge in [-0.05, 0) is 17.9 Å². The van der Waals surface area contributed by atoms with Gasteiger partial charge in [0.1, 0.15) is 11.9 Å². The summed E-state index contributed by atoms with van der Waals surface area (Å²) < 4.78 is 0. The van der Waals surface area contributed by atoms with Crippen LogP contribution in [0.5, 0.6) is 0 Å². The van der Waals surface area contributed by atoms with Gasteiger partial charge in [0.25, 0.3) is 0 Å². The van der Waals surface area contributed by atoms with Gasteiger partial charge in [-0.1, -0.05) is 42.2 Å². The molecule has 0 saturated heterocycles. The molecule has 1 aromatic carbocycles. The molecule has 2 fully saturated rings. The van der Waals surface area contributed by atoms with Crippen molar-refractivity contribution < 1.29 is 15.0 Å². The fourth-order valence-electron chi connectivity index (χ4n) is 3.08. The Kier molecular flexibility index (Phi) is 3.14. The number of hydrogen-bond acceptors (Lipinski definition) is 3. The number of fused-ring (bicyclic) bond motifs is 1. The molecule has 2 N–H and O–H groups in total. The van der Waals surface area contributed by atoms with Crippen LogP contribution in [0.1, 0.15) is 24.5 Å². The molecule has 3 rings (SSSR count). The molecule has 5 unspecified atom stereocenters. The quantitative estimate of drug-likeness (QED) is 0.745. The molecule has 3 nitrogen and oxygen atoms in total. The smallest absolute Gasteiger partial charge is 0.140 e. The second kappa shape index (κ2) is 4.80. The fourth-order valence-corrected chi connectivity index (χ4v) is 3.08. The molecule has 0 bridgehead atoms. The molecule has 0 spiro atoms. The highest BCUT2D eigenvalue weighted by Gasteiger charge is 2.52. The van der Waals surface area contributed by atoms with Gasteiger partial charge in [0.2, 0.25) is 0 Å². The minimum absolute atomic E-state index is 0.00293. The maximum Gasteiger partial charge on any atom is 0.140 e. The molecule has 19 heavy (non-hydrogen) atoms. The number of ketones is 1. The molecule has 0 amide bonds. The topological polar surface area (TPSA) is 57.5 Å². The number of hydrogen-bond donors (Lipinski definition) is 2. The van der Waals surface area contributed by atoms with E-state index in [2.05, 4.69) is 11.8 Å². The van der Waals surface area contributed by atoms with Gasteiger partial charge in [0, 0.05) is 12.3 Å². The van der Waals surface area contributed by atoms with Crippen LogP contribution in [0.3, 0.4) is 0 Å². The van der Waals surface area contributed by atoms with E-state index in [1.54, 1.807) is 0 Å². The number of aliphatic hydroxyl groups excluding tert-OH is 2. The Labute approximate surface area is 112 Å². The Morgan fingerprint density at radius 1 is 1.26 bits per heavy atom. The SMILES string of the molecule is O=C1CC2C1CC(O)C2C#CC(O)c1ccccc1. The zero-order valence-electron chi connectivity index (χ0n) is 10.5. The van der Waals surface area contributed by atoms with Crippen molar-refractivity contribution in [2.45, 2.75) is 25.0 Å². The van der Waals surface area contributed by atoms with Gasteiger partial charge in [-0.15, -0.1) is 0 Å². The molecule has 2 aliphatic carbocycles. The summed E-state index contributed by atoms with van der Waals surface area (Å²) in [5.74, 6) is 6.06.